The maximum Gasteiger partial charge on any atom is 0.310 e. The zero-order chi connectivity index (χ0) is 14.6. The van der Waals surface area contributed by atoms with Crippen molar-refractivity contribution >= 4 is 21.9 Å². The summed E-state index contributed by atoms with van der Waals surface area (Å²) < 4.78 is 31.3. The number of esters is 1. The van der Waals surface area contributed by atoms with Gasteiger partial charge in [-0.3, -0.25) is 9.59 Å². The molecular formula is C11H20N2O5S. The van der Waals surface area contributed by atoms with Gasteiger partial charge >= 0.3 is 5.97 Å². The van der Waals surface area contributed by atoms with E-state index >= 15 is 0 Å². The van der Waals surface area contributed by atoms with Crippen LogP contribution in [0.5, 0.6) is 0 Å². The van der Waals surface area contributed by atoms with E-state index in [1.807, 2.05) is 0 Å². The number of likely N-dealkylation sites (N-methyl/N-ethyl adjacent to an activating group) is 1. The molecule has 19 heavy (non-hydrogen) atoms. The Morgan fingerprint density at radius 1 is 1.32 bits per heavy atom. The summed E-state index contributed by atoms with van der Waals surface area (Å²) in [4.78, 5) is 22.9. The van der Waals surface area contributed by atoms with Gasteiger partial charge in [-0.05, 0) is 19.8 Å². The van der Waals surface area contributed by atoms with E-state index in [1.54, 1.807) is 0 Å². The van der Waals surface area contributed by atoms with E-state index in [9.17, 15) is 18.0 Å². The van der Waals surface area contributed by atoms with Gasteiger partial charge in [-0.1, -0.05) is 6.42 Å². The second-order valence-electron chi connectivity index (χ2n) is 4.60. The van der Waals surface area contributed by atoms with Crippen molar-refractivity contribution in [2.45, 2.75) is 37.5 Å². The van der Waals surface area contributed by atoms with Crippen molar-refractivity contribution in [2.75, 3.05) is 14.2 Å². The summed E-state index contributed by atoms with van der Waals surface area (Å²) in [5.74, 6) is -1.59. The van der Waals surface area contributed by atoms with Crippen LogP contribution in [0.15, 0.2) is 0 Å². The molecule has 1 aliphatic rings. The molecule has 0 saturated heterocycles. The molecule has 3 atom stereocenters. The third-order valence-electron chi connectivity index (χ3n) is 3.34. The molecule has 1 amide bonds. The Morgan fingerprint density at radius 2 is 1.95 bits per heavy atom. The van der Waals surface area contributed by atoms with Crippen LogP contribution in [0.3, 0.4) is 0 Å². The van der Waals surface area contributed by atoms with E-state index < -0.39 is 39.1 Å². The summed E-state index contributed by atoms with van der Waals surface area (Å²) in [7, 11) is -1.06. The molecule has 0 aromatic heterocycles. The smallest absolute Gasteiger partial charge is 0.310 e. The normalized spacial score (nSPS) is 24.8. The molecule has 0 heterocycles. The Labute approximate surface area is 113 Å². The van der Waals surface area contributed by atoms with E-state index in [4.69, 9.17) is 0 Å². The molecule has 0 aromatic rings. The van der Waals surface area contributed by atoms with Gasteiger partial charge in [0, 0.05) is 7.05 Å². The number of carbonyl (C=O) groups excluding carboxylic acids is 2. The Morgan fingerprint density at radius 3 is 2.47 bits per heavy atom. The van der Waals surface area contributed by atoms with E-state index in [-0.39, 0.29) is 0 Å². The molecule has 3 unspecified atom stereocenters. The molecule has 0 aromatic carbocycles. The second-order valence-corrected chi connectivity index (χ2v) is 6.53. The minimum atomic E-state index is -3.73. The lowest BCUT2D eigenvalue weighted by Crippen LogP contribution is -2.48. The minimum Gasteiger partial charge on any atom is -0.469 e. The zero-order valence-corrected chi connectivity index (χ0v) is 12.1. The average molecular weight is 292 g/mol. The van der Waals surface area contributed by atoms with Crippen molar-refractivity contribution in [3.8, 4) is 0 Å². The van der Waals surface area contributed by atoms with Crippen LogP contribution >= 0.6 is 0 Å². The first kappa shape index (κ1) is 15.9. The second kappa shape index (κ2) is 6.33. The van der Waals surface area contributed by atoms with Gasteiger partial charge < -0.3 is 10.1 Å². The quantitative estimate of drug-likeness (QED) is 0.658. The Hall–Kier alpha value is -1.15. The molecule has 0 bridgehead atoms. The van der Waals surface area contributed by atoms with Gasteiger partial charge in [-0.15, -0.1) is 0 Å². The van der Waals surface area contributed by atoms with Crippen LogP contribution < -0.4 is 10.0 Å². The molecule has 2 N–H and O–H groups in total. The van der Waals surface area contributed by atoms with Gasteiger partial charge in [0.15, 0.2) is 0 Å². The molecule has 0 radical (unpaired) electrons. The summed E-state index contributed by atoms with van der Waals surface area (Å²) in [6, 6.07) is -0.867. The summed E-state index contributed by atoms with van der Waals surface area (Å²) in [6.45, 7) is 1.46. The van der Waals surface area contributed by atoms with Gasteiger partial charge in [0.25, 0.3) is 0 Å². The third-order valence-corrected chi connectivity index (χ3v) is 5.38. The van der Waals surface area contributed by atoms with Crippen molar-refractivity contribution in [2.24, 2.45) is 5.92 Å². The molecule has 0 aliphatic heterocycles. The van der Waals surface area contributed by atoms with Crippen molar-refractivity contribution in [3.05, 3.63) is 0 Å². The highest BCUT2D eigenvalue weighted by Crippen LogP contribution is 2.31. The average Bonchev–Trinajstić information content (AvgIpc) is 2.86. The van der Waals surface area contributed by atoms with Crippen molar-refractivity contribution in [3.63, 3.8) is 0 Å². The predicted octanol–water partition coefficient (Wildman–Crippen LogP) is -0.618. The lowest BCUT2D eigenvalue weighted by Gasteiger charge is -2.20. The molecule has 1 saturated carbocycles. The fourth-order valence-corrected chi connectivity index (χ4v) is 4.25. The molecule has 110 valence electrons. The number of hydrogen-bond acceptors (Lipinski definition) is 5. The molecule has 1 aliphatic carbocycles. The first-order valence-corrected chi connectivity index (χ1v) is 7.68. The van der Waals surface area contributed by atoms with E-state index in [0.717, 1.165) is 0 Å². The maximum absolute atomic E-state index is 12.2. The monoisotopic (exact) mass is 292 g/mol. The summed E-state index contributed by atoms with van der Waals surface area (Å²) >= 11 is 0. The number of carbonyl (C=O) groups is 2. The molecular weight excluding hydrogens is 272 g/mol. The Bertz CT molecular complexity index is 448. The summed E-state index contributed by atoms with van der Waals surface area (Å²) in [5.41, 5.74) is 0. The fourth-order valence-electron chi connectivity index (χ4n) is 2.32. The zero-order valence-electron chi connectivity index (χ0n) is 11.3. The Kier molecular flexibility index (Phi) is 5.30. The predicted molar refractivity (Wildman–Crippen MR) is 68.7 cm³/mol. The van der Waals surface area contributed by atoms with Crippen molar-refractivity contribution in [1.29, 1.82) is 0 Å². The number of hydrogen-bond donors (Lipinski definition) is 2. The van der Waals surface area contributed by atoms with Crippen LogP contribution in [0.1, 0.15) is 26.2 Å². The number of nitrogens with one attached hydrogen (secondary N) is 2. The highest BCUT2D eigenvalue weighted by Gasteiger charge is 2.42. The lowest BCUT2D eigenvalue weighted by molar-refractivity contribution is -0.145. The third kappa shape index (κ3) is 3.66. The van der Waals surface area contributed by atoms with Crippen LogP contribution in [0.25, 0.3) is 0 Å². The number of ether oxygens (including phenoxy) is 1. The van der Waals surface area contributed by atoms with Crippen molar-refractivity contribution in [1.82, 2.24) is 10.0 Å². The van der Waals surface area contributed by atoms with Crippen LogP contribution in [-0.4, -0.2) is 45.7 Å². The highest BCUT2D eigenvalue weighted by atomic mass is 32.2. The minimum absolute atomic E-state index is 0.398. The van der Waals surface area contributed by atoms with E-state index in [0.29, 0.717) is 19.3 Å². The molecule has 0 spiro atoms. The Balaban J connectivity index is 2.82. The van der Waals surface area contributed by atoms with Crippen LogP contribution in [0.2, 0.25) is 0 Å². The lowest BCUT2D eigenvalue weighted by atomic mass is 10.1. The van der Waals surface area contributed by atoms with Crippen molar-refractivity contribution < 1.29 is 22.7 Å². The van der Waals surface area contributed by atoms with Crippen LogP contribution in [0.4, 0.5) is 0 Å². The van der Waals surface area contributed by atoms with Crippen LogP contribution in [-0.2, 0) is 24.3 Å². The molecule has 1 rings (SSSR count). The molecule has 7 nitrogen and oxygen atoms in total. The maximum atomic E-state index is 12.2. The summed E-state index contributed by atoms with van der Waals surface area (Å²) in [6.07, 6.45) is 1.54. The number of rotatable bonds is 5. The van der Waals surface area contributed by atoms with E-state index in [2.05, 4.69) is 14.8 Å². The molecule has 8 heteroatoms. The fraction of sp³-hybridized carbons (Fsp3) is 0.818. The summed E-state index contributed by atoms with van der Waals surface area (Å²) in [5, 5.41) is 1.54. The number of sulfonamides is 1. The van der Waals surface area contributed by atoms with Gasteiger partial charge in [0.05, 0.1) is 24.3 Å². The molecule has 1 fully saturated rings. The van der Waals surface area contributed by atoms with Gasteiger partial charge in [0.1, 0.15) is 0 Å². The number of amides is 1. The number of methoxy groups -OCH3 is 1. The highest BCUT2D eigenvalue weighted by molar-refractivity contribution is 7.90. The van der Waals surface area contributed by atoms with Gasteiger partial charge in [0.2, 0.25) is 15.9 Å². The largest absolute Gasteiger partial charge is 0.469 e. The van der Waals surface area contributed by atoms with E-state index in [1.165, 1.54) is 21.1 Å². The topological polar surface area (TPSA) is 102 Å². The van der Waals surface area contributed by atoms with Crippen LogP contribution in [0, 0.1) is 5.92 Å². The SMILES string of the molecule is CNC(=O)C(C)NS(=O)(=O)C1CCCC1C(=O)OC. The first-order chi connectivity index (χ1) is 8.83. The van der Waals surface area contributed by atoms with Gasteiger partial charge in [-0.25, -0.2) is 13.1 Å². The first-order valence-electron chi connectivity index (χ1n) is 6.14. The van der Waals surface area contributed by atoms with Gasteiger partial charge in [-0.2, -0.15) is 0 Å². The standard InChI is InChI=1S/C11H20N2O5S/c1-7(10(14)12-2)13-19(16,17)9-6-4-5-8(9)11(15)18-3/h7-9,13H,4-6H2,1-3H3,(H,12,14).